The Kier molecular flexibility index (Phi) is 3.53. The molecule has 0 radical (unpaired) electrons. The third-order valence-electron chi connectivity index (χ3n) is 1.80. The fraction of sp³-hybridized carbons (Fsp3) is 0.778. The molecule has 0 amide bonds. The summed E-state index contributed by atoms with van der Waals surface area (Å²) < 4.78 is 22.9. The fourth-order valence-corrected chi connectivity index (χ4v) is 4.81. The van der Waals surface area contributed by atoms with Crippen LogP contribution in [0, 0.1) is 0 Å². The van der Waals surface area contributed by atoms with Crippen molar-refractivity contribution in [2.45, 2.75) is 39.4 Å². The van der Waals surface area contributed by atoms with Crippen molar-refractivity contribution in [2.24, 2.45) is 0 Å². The molecule has 0 bridgehead atoms. The van der Waals surface area contributed by atoms with Gasteiger partial charge in [0.25, 0.3) is 0 Å². The lowest BCUT2D eigenvalue weighted by molar-refractivity contribution is 0.116. The molecule has 14 heavy (non-hydrogen) atoms. The summed E-state index contributed by atoms with van der Waals surface area (Å²) in [6.07, 6.45) is 1.86. The molecule has 1 aliphatic rings. The van der Waals surface area contributed by atoms with Crippen molar-refractivity contribution in [1.29, 1.82) is 0 Å². The van der Waals surface area contributed by atoms with E-state index in [9.17, 15) is 4.57 Å². The summed E-state index contributed by atoms with van der Waals surface area (Å²) in [6.45, 7) is 7.50. The normalized spacial score (nSPS) is 30.9. The monoisotopic (exact) mass is 236 g/mol. The average molecular weight is 236 g/mol. The molecular formula is C9H17O3PS. The van der Waals surface area contributed by atoms with Crippen LogP contribution in [0.5, 0.6) is 0 Å². The van der Waals surface area contributed by atoms with E-state index in [1.165, 1.54) is 0 Å². The lowest BCUT2D eigenvalue weighted by atomic mass is 10.1. The van der Waals surface area contributed by atoms with Gasteiger partial charge in [-0.1, -0.05) is 0 Å². The van der Waals surface area contributed by atoms with Gasteiger partial charge in [-0.25, -0.2) is 0 Å². The van der Waals surface area contributed by atoms with Crippen LogP contribution in [0.1, 0.15) is 27.7 Å². The van der Waals surface area contributed by atoms with Gasteiger partial charge in [0.15, 0.2) is 0 Å². The molecule has 5 heteroatoms. The van der Waals surface area contributed by atoms with E-state index < -0.39 is 13.2 Å². The molecule has 0 aliphatic carbocycles. The highest BCUT2D eigenvalue weighted by atomic mass is 32.2. The summed E-state index contributed by atoms with van der Waals surface area (Å²) in [5.74, 6) is 1.64. The minimum absolute atomic E-state index is 0.0888. The third-order valence-corrected chi connectivity index (χ3v) is 5.03. The summed E-state index contributed by atoms with van der Waals surface area (Å²) in [5.41, 5.74) is -0.482. The third kappa shape index (κ3) is 2.63. The number of hydrogen-bond acceptors (Lipinski definition) is 4. The second kappa shape index (κ2) is 4.01. The van der Waals surface area contributed by atoms with Gasteiger partial charge in [-0.2, -0.15) is 0 Å². The van der Waals surface area contributed by atoms with E-state index in [0.717, 1.165) is 4.91 Å². The molecule has 0 saturated heterocycles. The van der Waals surface area contributed by atoms with Gasteiger partial charge in [0.1, 0.15) is 5.60 Å². The van der Waals surface area contributed by atoms with Crippen LogP contribution in [0.3, 0.4) is 0 Å². The fourth-order valence-electron chi connectivity index (χ4n) is 1.33. The van der Waals surface area contributed by atoms with Gasteiger partial charge < -0.3 is 4.52 Å². The van der Waals surface area contributed by atoms with Crippen molar-refractivity contribution in [1.82, 2.24) is 0 Å². The molecule has 0 aromatic carbocycles. The van der Waals surface area contributed by atoms with Crippen LogP contribution in [-0.2, 0) is 13.6 Å². The predicted molar refractivity (Wildman–Crippen MR) is 60.6 cm³/mol. The van der Waals surface area contributed by atoms with Gasteiger partial charge in [0.2, 0.25) is 0 Å². The summed E-state index contributed by atoms with van der Waals surface area (Å²) in [6, 6.07) is 0. The zero-order valence-corrected chi connectivity index (χ0v) is 10.9. The quantitative estimate of drug-likeness (QED) is 0.701. The van der Waals surface area contributed by atoms with Crippen molar-refractivity contribution in [3.63, 3.8) is 0 Å². The van der Waals surface area contributed by atoms with Crippen LogP contribution in [0.25, 0.3) is 0 Å². The van der Waals surface area contributed by atoms with E-state index in [1.807, 2.05) is 34.0 Å². The van der Waals surface area contributed by atoms with Crippen molar-refractivity contribution >= 4 is 19.4 Å². The van der Waals surface area contributed by atoms with Crippen molar-refractivity contribution in [2.75, 3.05) is 6.26 Å². The number of hydrogen-bond donors (Lipinski definition) is 0. The second-order valence-electron chi connectivity index (χ2n) is 3.99. The first kappa shape index (κ1) is 12.3. The molecule has 1 atom stereocenters. The van der Waals surface area contributed by atoms with Crippen molar-refractivity contribution in [3.05, 3.63) is 10.7 Å². The molecule has 0 fully saturated rings. The molecule has 82 valence electrons. The maximum atomic E-state index is 12.1. The van der Waals surface area contributed by atoms with E-state index >= 15 is 0 Å². The Hall–Kier alpha value is 0.240. The van der Waals surface area contributed by atoms with Crippen molar-refractivity contribution in [3.8, 4) is 0 Å². The molecule has 1 aliphatic heterocycles. The molecule has 0 aromatic heterocycles. The maximum Gasteiger partial charge on any atom is 0.356 e. The maximum absolute atomic E-state index is 12.1. The topological polar surface area (TPSA) is 35.5 Å². The van der Waals surface area contributed by atoms with Crippen LogP contribution < -0.4 is 0 Å². The van der Waals surface area contributed by atoms with Crippen molar-refractivity contribution < 1.29 is 13.6 Å². The Morgan fingerprint density at radius 1 is 1.57 bits per heavy atom. The van der Waals surface area contributed by atoms with Crippen LogP contribution in [0.15, 0.2) is 10.7 Å². The Balaban J connectivity index is 2.88. The molecule has 0 aromatic rings. The molecule has 0 spiro atoms. The zero-order valence-electron chi connectivity index (χ0n) is 9.23. The van der Waals surface area contributed by atoms with Gasteiger partial charge in [0.05, 0.1) is 6.10 Å². The van der Waals surface area contributed by atoms with Crippen LogP contribution in [-0.4, -0.2) is 18.0 Å². The van der Waals surface area contributed by atoms with E-state index in [0.29, 0.717) is 0 Å². The van der Waals surface area contributed by atoms with Gasteiger partial charge >= 0.3 is 7.60 Å². The first-order valence-corrected chi connectivity index (χ1v) is 7.39. The smallest absolute Gasteiger partial charge is 0.303 e. The van der Waals surface area contributed by atoms with Crippen LogP contribution in [0.2, 0.25) is 0 Å². The molecule has 0 N–H and O–H groups in total. The molecule has 3 nitrogen and oxygen atoms in total. The molecule has 0 saturated carbocycles. The highest BCUT2D eigenvalue weighted by Crippen LogP contribution is 2.62. The van der Waals surface area contributed by atoms with E-state index in [2.05, 4.69) is 0 Å². The zero-order chi connectivity index (χ0) is 11.0. The number of rotatable bonds is 3. The summed E-state index contributed by atoms with van der Waals surface area (Å²) in [5, 5.41) is 0. The molecule has 1 heterocycles. The lowest BCUT2D eigenvalue weighted by Gasteiger charge is -2.22. The largest absolute Gasteiger partial charge is 0.356 e. The summed E-state index contributed by atoms with van der Waals surface area (Å²) >= 11 is 1.55. The minimum Gasteiger partial charge on any atom is -0.303 e. The summed E-state index contributed by atoms with van der Waals surface area (Å²) in [7, 11) is -3.00. The first-order chi connectivity index (χ1) is 6.29. The van der Waals surface area contributed by atoms with E-state index in [1.54, 1.807) is 17.6 Å². The lowest BCUT2D eigenvalue weighted by Crippen LogP contribution is -2.19. The predicted octanol–water partition coefficient (Wildman–Crippen LogP) is 3.62. The van der Waals surface area contributed by atoms with Gasteiger partial charge in [0, 0.05) is 10.7 Å². The van der Waals surface area contributed by atoms with Gasteiger partial charge in [-0.3, -0.25) is 9.09 Å². The Morgan fingerprint density at radius 3 is 2.50 bits per heavy atom. The van der Waals surface area contributed by atoms with Gasteiger partial charge in [-0.05, 0) is 34.0 Å². The molecule has 1 unspecified atom stereocenters. The molecule has 1 rings (SSSR count). The highest BCUT2D eigenvalue weighted by Gasteiger charge is 2.42. The summed E-state index contributed by atoms with van der Waals surface area (Å²) in [4.78, 5) is 0.974. The minimum atomic E-state index is -3.00. The Bertz CT molecular complexity index is 296. The Labute approximate surface area is 89.8 Å². The van der Waals surface area contributed by atoms with Gasteiger partial charge in [-0.15, -0.1) is 11.8 Å². The Morgan fingerprint density at radius 2 is 2.14 bits per heavy atom. The van der Waals surface area contributed by atoms with E-state index in [4.69, 9.17) is 9.05 Å². The van der Waals surface area contributed by atoms with Crippen LogP contribution in [0.4, 0.5) is 0 Å². The second-order valence-corrected chi connectivity index (χ2v) is 6.57. The first-order valence-electron chi connectivity index (χ1n) is 4.55. The highest BCUT2D eigenvalue weighted by molar-refractivity contribution is 8.02. The van der Waals surface area contributed by atoms with Crippen LogP contribution >= 0.6 is 19.4 Å². The standard InChI is InChI=1S/C9H17O3PS/c1-7(2)11-13(10)6-8(14-5)9(3,4)12-13/h6-7H,1-5H3. The SMILES string of the molecule is CSC1=CP(=O)(OC(C)C)OC1(C)C. The van der Waals surface area contributed by atoms with E-state index in [-0.39, 0.29) is 6.10 Å². The number of thioether (sulfide) groups is 1. The molecular weight excluding hydrogens is 219 g/mol. The average Bonchev–Trinajstić information content (AvgIpc) is 2.18.